The van der Waals surface area contributed by atoms with Crippen LogP contribution in [0.15, 0.2) is 30.8 Å². The van der Waals surface area contributed by atoms with Crippen molar-refractivity contribution in [1.82, 2.24) is 15.6 Å². The van der Waals surface area contributed by atoms with Gasteiger partial charge in [-0.15, -0.1) is 0 Å². The van der Waals surface area contributed by atoms with Gasteiger partial charge < -0.3 is 10.1 Å². The highest BCUT2D eigenvalue weighted by Crippen LogP contribution is 2.35. The molecule has 3 rings (SSSR count). The zero-order valence-corrected chi connectivity index (χ0v) is 15.3. The predicted octanol–water partition coefficient (Wildman–Crippen LogP) is 2.59. The Labute approximate surface area is 156 Å². The normalized spacial score (nSPS) is 13.8. The number of urea groups is 1. The van der Waals surface area contributed by atoms with E-state index >= 15 is 0 Å². The minimum absolute atomic E-state index is 0.381. The lowest BCUT2D eigenvalue weighted by Crippen LogP contribution is -2.44. The molecule has 0 aliphatic heterocycles. The molecule has 1 unspecified atom stereocenters. The van der Waals surface area contributed by atoms with Crippen molar-refractivity contribution < 1.29 is 19.1 Å². The first-order chi connectivity index (χ1) is 12.9. The second kappa shape index (κ2) is 7.57. The Morgan fingerprint density at radius 2 is 2.00 bits per heavy atom. The summed E-state index contributed by atoms with van der Waals surface area (Å²) in [6.45, 7) is 7.56. The number of pyridine rings is 1. The van der Waals surface area contributed by atoms with Gasteiger partial charge in [-0.05, 0) is 43.9 Å². The van der Waals surface area contributed by atoms with Gasteiger partial charge in [-0.3, -0.25) is 10.1 Å². The van der Waals surface area contributed by atoms with Gasteiger partial charge in [-0.2, -0.15) is 0 Å². The number of aromatic nitrogens is 1. The summed E-state index contributed by atoms with van der Waals surface area (Å²) in [4.78, 5) is 41.1. The fourth-order valence-electron chi connectivity index (χ4n) is 3.11. The molecule has 0 fully saturated rings. The summed E-state index contributed by atoms with van der Waals surface area (Å²) in [6, 6.07) is 6.67. The first-order valence-corrected chi connectivity index (χ1v) is 8.81. The lowest BCUT2D eigenvalue weighted by atomic mass is 10.0. The molecule has 7 heteroatoms. The average molecular weight is 367 g/mol. The Morgan fingerprint density at radius 3 is 2.74 bits per heavy atom. The molecule has 140 valence electrons. The van der Waals surface area contributed by atoms with Crippen LogP contribution in [0.3, 0.4) is 0 Å². The van der Waals surface area contributed by atoms with E-state index in [0.717, 1.165) is 23.3 Å². The van der Waals surface area contributed by atoms with Crippen LogP contribution in [-0.4, -0.2) is 35.5 Å². The molecule has 0 saturated heterocycles. The van der Waals surface area contributed by atoms with Crippen molar-refractivity contribution in [3.63, 3.8) is 0 Å². The predicted molar refractivity (Wildman–Crippen MR) is 101 cm³/mol. The molecular weight excluding hydrogens is 346 g/mol. The summed E-state index contributed by atoms with van der Waals surface area (Å²) in [5.74, 6) is -1.30. The van der Waals surface area contributed by atoms with Crippen LogP contribution >= 0.6 is 0 Å². The largest absolute Gasteiger partial charge is 0.449 e. The molecule has 1 aromatic heterocycles. The van der Waals surface area contributed by atoms with Crippen molar-refractivity contribution in [3.05, 3.63) is 47.7 Å². The number of rotatable bonds is 4. The minimum Gasteiger partial charge on any atom is -0.449 e. The van der Waals surface area contributed by atoms with E-state index in [1.807, 2.05) is 18.2 Å². The van der Waals surface area contributed by atoms with Crippen molar-refractivity contribution in [1.29, 1.82) is 0 Å². The SMILES string of the molecule is C=C1CCc2c1nc1ccccc1c2C(=O)OC(C)C(=O)NC(=O)NCC. The summed E-state index contributed by atoms with van der Waals surface area (Å²) in [5.41, 5.74) is 3.48. The highest BCUT2D eigenvalue weighted by atomic mass is 16.5. The zero-order valence-electron chi connectivity index (χ0n) is 15.3. The number of allylic oxidation sites excluding steroid dienone is 1. The molecule has 0 bridgehead atoms. The van der Waals surface area contributed by atoms with Gasteiger partial charge in [0.25, 0.3) is 5.91 Å². The molecule has 0 saturated carbocycles. The maximum Gasteiger partial charge on any atom is 0.339 e. The Balaban J connectivity index is 1.89. The van der Waals surface area contributed by atoms with Crippen molar-refractivity contribution in [2.45, 2.75) is 32.8 Å². The molecule has 1 atom stereocenters. The Morgan fingerprint density at radius 1 is 1.26 bits per heavy atom. The maximum absolute atomic E-state index is 12.9. The minimum atomic E-state index is -1.12. The molecule has 27 heavy (non-hydrogen) atoms. The number of nitrogens with zero attached hydrogens (tertiary/aromatic N) is 1. The van der Waals surface area contributed by atoms with Crippen LogP contribution in [0.25, 0.3) is 16.5 Å². The number of hydrogen-bond acceptors (Lipinski definition) is 5. The van der Waals surface area contributed by atoms with Crippen LogP contribution in [0.5, 0.6) is 0 Å². The van der Waals surface area contributed by atoms with Gasteiger partial charge in [-0.25, -0.2) is 14.6 Å². The quantitative estimate of drug-likeness (QED) is 0.810. The first-order valence-electron chi connectivity index (χ1n) is 8.81. The van der Waals surface area contributed by atoms with E-state index in [2.05, 4.69) is 22.2 Å². The summed E-state index contributed by atoms with van der Waals surface area (Å²) in [7, 11) is 0. The number of imide groups is 1. The third kappa shape index (κ3) is 3.67. The number of carbonyl (C=O) groups excluding carboxylic acids is 3. The number of esters is 1. The summed E-state index contributed by atoms with van der Waals surface area (Å²) in [5, 5.41) is 5.26. The number of ether oxygens (including phenoxy) is 1. The van der Waals surface area contributed by atoms with E-state index in [-0.39, 0.29) is 0 Å². The highest BCUT2D eigenvalue weighted by Gasteiger charge is 2.29. The van der Waals surface area contributed by atoms with E-state index in [9.17, 15) is 14.4 Å². The topological polar surface area (TPSA) is 97.4 Å². The molecule has 1 heterocycles. The third-order valence-corrected chi connectivity index (χ3v) is 4.44. The van der Waals surface area contributed by atoms with Crippen molar-refractivity contribution in [2.24, 2.45) is 0 Å². The Hall–Kier alpha value is -3.22. The smallest absolute Gasteiger partial charge is 0.339 e. The Bertz CT molecular complexity index is 952. The lowest BCUT2D eigenvalue weighted by Gasteiger charge is -2.16. The number of carbonyl (C=O) groups is 3. The van der Waals surface area contributed by atoms with Crippen LogP contribution in [-0.2, 0) is 16.0 Å². The van der Waals surface area contributed by atoms with Gasteiger partial charge in [0.1, 0.15) is 0 Å². The molecule has 0 radical (unpaired) electrons. The maximum atomic E-state index is 12.9. The monoisotopic (exact) mass is 367 g/mol. The molecule has 2 N–H and O–H groups in total. The number of hydrogen-bond donors (Lipinski definition) is 2. The fraction of sp³-hybridized carbons (Fsp3) is 0.300. The molecule has 7 nitrogen and oxygen atoms in total. The summed E-state index contributed by atoms with van der Waals surface area (Å²) >= 11 is 0. The fourth-order valence-corrected chi connectivity index (χ4v) is 3.11. The molecule has 1 aliphatic rings. The Kier molecular flexibility index (Phi) is 5.21. The van der Waals surface area contributed by atoms with Crippen LogP contribution in [0.2, 0.25) is 0 Å². The molecule has 0 spiro atoms. The second-order valence-corrected chi connectivity index (χ2v) is 6.33. The summed E-state index contributed by atoms with van der Waals surface area (Å²) in [6.07, 6.45) is 0.259. The number of benzene rings is 1. The van der Waals surface area contributed by atoms with Crippen molar-refractivity contribution >= 4 is 34.4 Å². The molecular formula is C20H21N3O4. The number of para-hydroxylation sites is 1. The number of amides is 3. The first kappa shape index (κ1) is 18.6. The van der Waals surface area contributed by atoms with E-state index in [1.165, 1.54) is 6.92 Å². The van der Waals surface area contributed by atoms with E-state index in [4.69, 9.17) is 4.74 Å². The van der Waals surface area contributed by atoms with Crippen LogP contribution < -0.4 is 10.6 Å². The standard InChI is InChI=1S/C20H21N3O4/c1-4-21-20(26)23-18(24)12(3)27-19(25)16-13-7-5-6-8-15(13)22-17-11(2)9-10-14(16)17/h5-8,12H,2,4,9-10H2,1,3H3,(H2,21,23,24,26). The van der Waals surface area contributed by atoms with Gasteiger partial charge in [0.15, 0.2) is 6.10 Å². The van der Waals surface area contributed by atoms with Gasteiger partial charge >= 0.3 is 12.0 Å². The van der Waals surface area contributed by atoms with E-state index < -0.39 is 24.0 Å². The van der Waals surface area contributed by atoms with Crippen LogP contribution in [0, 0.1) is 0 Å². The molecule has 1 aromatic carbocycles. The average Bonchev–Trinajstić information content (AvgIpc) is 3.00. The van der Waals surface area contributed by atoms with Gasteiger partial charge in [0.2, 0.25) is 0 Å². The van der Waals surface area contributed by atoms with Crippen molar-refractivity contribution in [2.75, 3.05) is 6.54 Å². The second-order valence-electron chi connectivity index (χ2n) is 6.33. The number of fused-ring (bicyclic) bond motifs is 2. The molecule has 1 aliphatic carbocycles. The van der Waals surface area contributed by atoms with Gasteiger partial charge in [-0.1, -0.05) is 24.8 Å². The highest BCUT2D eigenvalue weighted by molar-refractivity contribution is 6.07. The van der Waals surface area contributed by atoms with Gasteiger partial charge in [0.05, 0.1) is 16.8 Å². The third-order valence-electron chi connectivity index (χ3n) is 4.44. The summed E-state index contributed by atoms with van der Waals surface area (Å²) < 4.78 is 5.36. The zero-order chi connectivity index (χ0) is 19.6. The molecule has 2 aromatic rings. The lowest BCUT2D eigenvalue weighted by molar-refractivity contribution is -0.127. The van der Waals surface area contributed by atoms with E-state index in [0.29, 0.717) is 29.4 Å². The van der Waals surface area contributed by atoms with Crippen molar-refractivity contribution in [3.8, 4) is 0 Å². The van der Waals surface area contributed by atoms with Crippen LogP contribution in [0.4, 0.5) is 4.79 Å². The molecule has 3 amide bonds. The van der Waals surface area contributed by atoms with E-state index in [1.54, 1.807) is 13.0 Å². The number of nitrogens with one attached hydrogen (secondary N) is 2. The van der Waals surface area contributed by atoms with Crippen LogP contribution in [0.1, 0.15) is 41.9 Å². The van der Waals surface area contributed by atoms with Gasteiger partial charge in [0, 0.05) is 11.9 Å².